The zero-order valence-electron chi connectivity index (χ0n) is 10.9. The molecular formula is C12H13N5O4. The quantitative estimate of drug-likeness (QED) is 0.597. The Kier molecular flexibility index (Phi) is 4.94. The smallest absolute Gasteiger partial charge is 0.329 e. The molecule has 0 aliphatic rings. The molecule has 1 heterocycles. The van der Waals surface area contributed by atoms with Gasteiger partial charge in [-0.25, -0.2) is 4.79 Å². The number of ether oxygens (including phenoxy) is 1. The second kappa shape index (κ2) is 7.10. The summed E-state index contributed by atoms with van der Waals surface area (Å²) < 4.78 is 4.81. The third-order valence-electron chi connectivity index (χ3n) is 2.51. The molecule has 0 bridgehead atoms. The first-order valence-electron chi connectivity index (χ1n) is 6.08. The molecule has 0 saturated carbocycles. The number of carbonyl (C=O) groups excluding carboxylic acids is 1. The minimum atomic E-state index is -1.04. The molecule has 0 fully saturated rings. The summed E-state index contributed by atoms with van der Waals surface area (Å²) >= 11 is 0. The second-order valence-electron chi connectivity index (χ2n) is 4.01. The molecule has 0 spiro atoms. The summed E-state index contributed by atoms with van der Waals surface area (Å²) in [5, 5.41) is 24.5. The summed E-state index contributed by atoms with van der Waals surface area (Å²) in [6.07, 6.45) is 0. The van der Waals surface area contributed by atoms with E-state index in [4.69, 9.17) is 9.84 Å². The lowest BCUT2D eigenvalue weighted by molar-refractivity contribution is -0.142. The molecule has 1 amide bonds. The van der Waals surface area contributed by atoms with Crippen molar-refractivity contribution in [3.63, 3.8) is 0 Å². The largest absolute Gasteiger partial charge is 0.480 e. The Labute approximate surface area is 119 Å². The van der Waals surface area contributed by atoms with Gasteiger partial charge in [0.25, 0.3) is 5.91 Å². The number of amides is 1. The van der Waals surface area contributed by atoms with Gasteiger partial charge in [0.15, 0.2) is 0 Å². The van der Waals surface area contributed by atoms with E-state index in [1.165, 1.54) is 0 Å². The van der Waals surface area contributed by atoms with E-state index in [2.05, 4.69) is 25.9 Å². The Hall–Kier alpha value is -2.81. The fourth-order valence-electron chi connectivity index (χ4n) is 1.55. The summed E-state index contributed by atoms with van der Waals surface area (Å²) in [6.45, 7) is -0.00699. The van der Waals surface area contributed by atoms with Gasteiger partial charge < -0.3 is 15.2 Å². The third kappa shape index (κ3) is 4.35. The molecule has 1 aromatic carbocycles. The van der Waals surface area contributed by atoms with Gasteiger partial charge in [-0.15, -0.1) is 10.2 Å². The van der Waals surface area contributed by atoms with Gasteiger partial charge in [0.05, 0.1) is 6.61 Å². The molecule has 110 valence electrons. The normalized spacial score (nSPS) is 10.3. The summed E-state index contributed by atoms with van der Waals surface area (Å²) in [4.78, 5) is 22.0. The number of aromatic nitrogens is 4. The first-order valence-corrected chi connectivity index (χ1v) is 6.08. The second-order valence-corrected chi connectivity index (χ2v) is 4.01. The van der Waals surface area contributed by atoms with Gasteiger partial charge >= 0.3 is 5.97 Å². The van der Waals surface area contributed by atoms with Gasteiger partial charge in [-0.05, 0) is 17.3 Å². The molecule has 0 aliphatic heterocycles. The van der Waals surface area contributed by atoms with E-state index >= 15 is 0 Å². The van der Waals surface area contributed by atoms with Crippen molar-refractivity contribution in [3.8, 4) is 11.4 Å². The van der Waals surface area contributed by atoms with Crippen LogP contribution in [0.15, 0.2) is 24.3 Å². The number of aromatic amines is 1. The number of hydrogen-bond acceptors (Lipinski definition) is 6. The summed E-state index contributed by atoms with van der Waals surface area (Å²) in [5.74, 6) is -0.865. The lowest BCUT2D eigenvalue weighted by Crippen LogP contribution is -2.27. The maximum absolute atomic E-state index is 11.8. The van der Waals surface area contributed by atoms with E-state index < -0.39 is 5.97 Å². The first-order chi connectivity index (χ1) is 10.2. The van der Waals surface area contributed by atoms with E-state index in [0.29, 0.717) is 11.4 Å². The molecule has 9 heteroatoms. The maximum atomic E-state index is 11.8. The number of tetrazole rings is 1. The SMILES string of the molecule is O=C(O)COCCNC(=O)c1ccc(-c2nn[nH]n2)cc1. The van der Waals surface area contributed by atoms with Crippen LogP contribution in [0.5, 0.6) is 0 Å². The highest BCUT2D eigenvalue weighted by molar-refractivity contribution is 5.94. The molecule has 2 rings (SSSR count). The van der Waals surface area contributed by atoms with Crippen LogP contribution in [-0.2, 0) is 9.53 Å². The highest BCUT2D eigenvalue weighted by Gasteiger charge is 2.07. The molecule has 0 saturated heterocycles. The van der Waals surface area contributed by atoms with E-state index in [-0.39, 0.29) is 25.7 Å². The molecule has 9 nitrogen and oxygen atoms in total. The summed E-state index contributed by atoms with van der Waals surface area (Å²) in [6, 6.07) is 6.69. The molecule has 3 N–H and O–H groups in total. The third-order valence-corrected chi connectivity index (χ3v) is 2.51. The van der Waals surface area contributed by atoms with E-state index in [1.807, 2.05) is 0 Å². The number of carbonyl (C=O) groups is 2. The monoisotopic (exact) mass is 291 g/mol. The van der Waals surface area contributed by atoms with Crippen molar-refractivity contribution in [2.24, 2.45) is 0 Å². The lowest BCUT2D eigenvalue weighted by Gasteiger charge is -2.05. The van der Waals surface area contributed by atoms with Crippen LogP contribution >= 0.6 is 0 Å². The number of carboxylic acid groups (broad SMARTS) is 1. The van der Waals surface area contributed by atoms with Gasteiger partial charge in [-0.2, -0.15) is 5.21 Å². The number of aliphatic carboxylic acids is 1. The fraction of sp³-hybridized carbons (Fsp3) is 0.250. The Bertz CT molecular complexity index is 597. The molecule has 0 unspecified atom stereocenters. The Morgan fingerprint density at radius 1 is 1.29 bits per heavy atom. The fourth-order valence-corrected chi connectivity index (χ4v) is 1.55. The van der Waals surface area contributed by atoms with Crippen molar-refractivity contribution in [1.82, 2.24) is 25.9 Å². The van der Waals surface area contributed by atoms with Crippen LogP contribution in [0.2, 0.25) is 0 Å². The minimum absolute atomic E-state index is 0.138. The number of carboxylic acids is 1. The van der Waals surface area contributed by atoms with Gasteiger partial charge in [-0.3, -0.25) is 4.79 Å². The Morgan fingerprint density at radius 2 is 2.05 bits per heavy atom. The van der Waals surface area contributed by atoms with Crippen molar-refractivity contribution in [2.75, 3.05) is 19.8 Å². The maximum Gasteiger partial charge on any atom is 0.329 e. The van der Waals surface area contributed by atoms with E-state index in [9.17, 15) is 9.59 Å². The summed E-state index contributed by atoms with van der Waals surface area (Å²) in [7, 11) is 0. The minimum Gasteiger partial charge on any atom is -0.480 e. The van der Waals surface area contributed by atoms with Crippen LogP contribution in [-0.4, -0.2) is 57.4 Å². The van der Waals surface area contributed by atoms with Crippen molar-refractivity contribution in [3.05, 3.63) is 29.8 Å². The number of benzene rings is 1. The molecular weight excluding hydrogens is 278 g/mol. The standard InChI is InChI=1S/C12H13N5O4/c18-10(19)7-21-6-5-13-12(20)9-3-1-8(2-4-9)11-14-16-17-15-11/h1-4H,5-7H2,(H,13,20)(H,18,19)(H,14,15,16,17). The highest BCUT2D eigenvalue weighted by atomic mass is 16.5. The van der Waals surface area contributed by atoms with E-state index in [0.717, 1.165) is 5.56 Å². The van der Waals surface area contributed by atoms with Crippen LogP contribution < -0.4 is 5.32 Å². The lowest BCUT2D eigenvalue weighted by atomic mass is 10.1. The number of nitrogens with one attached hydrogen (secondary N) is 2. The topological polar surface area (TPSA) is 130 Å². The van der Waals surface area contributed by atoms with Gasteiger partial charge in [0.2, 0.25) is 5.82 Å². The zero-order chi connectivity index (χ0) is 15.1. The molecule has 21 heavy (non-hydrogen) atoms. The molecule has 0 radical (unpaired) electrons. The number of hydrogen-bond donors (Lipinski definition) is 3. The van der Waals surface area contributed by atoms with Crippen molar-refractivity contribution in [1.29, 1.82) is 0 Å². The Morgan fingerprint density at radius 3 is 2.67 bits per heavy atom. The van der Waals surface area contributed by atoms with Crippen molar-refractivity contribution >= 4 is 11.9 Å². The number of rotatable bonds is 7. The molecule has 0 aliphatic carbocycles. The molecule has 1 aromatic heterocycles. The zero-order valence-corrected chi connectivity index (χ0v) is 10.9. The average Bonchev–Trinajstić information content (AvgIpc) is 3.01. The first kappa shape index (κ1) is 14.6. The van der Waals surface area contributed by atoms with Crippen molar-refractivity contribution in [2.45, 2.75) is 0 Å². The highest BCUT2D eigenvalue weighted by Crippen LogP contribution is 2.13. The molecule has 2 aromatic rings. The summed E-state index contributed by atoms with van der Waals surface area (Å²) in [5.41, 5.74) is 1.21. The van der Waals surface area contributed by atoms with Gasteiger partial charge in [0, 0.05) is 17.7 Å². The number of nitrogens with zero attached hydrogens (tertiary/aromatic N) is 3. The predicted octanol–water partition coefficient (Wildman–Crippen LogP) is -0.302. The van der Waals surface area contributed by atoms with Crippen LogP contribution in [0.4, 0.5) is 0 Å². The predicted molar refractivity (Wildman–Crippen MR) is 70.4 cm³/mol. The van der Waals surface area contributed by atoms with Crippen LogP contribution in [0, 0.1) is 0 Å². The Balaban J connectivity index is 1.81. The number of H-pyrrole nitrogens is 1. The van der Waals surface area contributed by atoms with Crippen molar-refractivity contribution < 1.29 is 19.4 Å². The van der Waals surface area contributed by atoms with Gasteiger partial charge in [-0.1, -0.05) is 12.1 Å². The van der Waals surface area contributed by atoms with Crippen LogP contribution in [0.3, 0.4) is 0 Å². The van der Waals surface area contributed by atoms with E-state index in [1.54, 1.807) is 24.3 Å². The van der Waals surface area contributed by atoms with Crippen LogP contribution in [0.25, 0.3) is 11.4 Å². The average molecular weight is 291 g/mol. The van der Waals surface area contributed by atoms with Gasteiger partial charge in [0.1, 0.15) is 6.61 Å². The van der Waals surface area contributed by atoms with Crippen LogP contribution in [0.1, 0.15) is 10.4 Å². The molecule has 0 atom stereocenters.